The quantitative estimate of drug-likeness (QED) is 0.00860. The van der Waals surface area contributed by atoms with E-state index in [1.807, 2.05) is 27.7 Å². The Morgan fingerprint density at radius 2 is 1.17 bits per heavy atom. The van der Waals surface area contributed by atoms with Crippen LogP contribution < -0.4 is 15.5 Å². The molecule has 1 aromatic heterocycles. The van der Waals surface area contributed by atoms with Gasteiger partial charge < -0.3 is 123 Å². The molecule has 132 heavy (non-hydrogen) atoms. The maximum absolute atomic E-state index is 15.3. The molecule has 3 saturated heterocycles. The Morgan fingerprint density at radius 3 is 1.67 bits per heavy atom. The standard InChI is InChI=1S/C60H83N5O12.C14H27NO6S.C12H22O7.C7H16O4.CO2/c1-8-39(33-66)77-49(74-7)34-76-48(68)20-13-19-47(67)61-37(5)52(70)75-27-14-18-45-51(69)60(73)54-59(23-26-64-24-15-22-58(10-3,53(59)64)55(60)71)43-29-42(36(4)28-46(43)65(45)54)56(6)30-38-31-57(72,9-2)35-63(32-38)25-21-41-40-16-11-12-17-44(40)62-50(41)56;1-3-11(9-16)21-14(19-2)10-20-13(18)6-4-5-12(17)15-7-8-22;1-3-9(7-13)19-12(17-2)8-18-11(16)6-4-5-10(14)15;1-3-6(4-8)11-7(5-9)10-2;2-1-3/h11-12,15-17,22,28-29,37-39,45,49,53-55,62,66,71-73H,8-10,13-14,18-21,23-27,30-35H2,1-7H3,(H,61,67);11,14,16,22H,3-10H2,1-2H3,(H,15,17);9,12-13H,3-8H2,1-2H3,(H,14,15);6-9H,3-5H2,1-2H3;/t37?,38?,39?,45?,49?,53?,54?,55-,56-,57?,58-,59?,60+;;;;/m1..../s1. The number of aliphatic hydroxyl groups excluding tert-OH is 6. The average Bonchev–Trinajstić information content (AvgIpc) is 1.46. The van der Waals surface area contributed by atoms with Crippen LogP contribution in [-0.4, -0.2) is 338 Å². The molecule has 7 aliphatic rings. The number of carbonyl (C=O) groups is 8. The number of rotatable bonds is 50. The number of ether oxygens (including phenoxy) is 12. The number of ketones is 1. The fourth-order valence-electron chi connectivity index (χ4n) is 19.5. The van der Waals surface area contributed by atoms with Crippen molar-refractivity contribution in [1.29, 1.82) is 0 Å². The van der Waals surface area contributed by atoms with Crippen LogP contribution in [0, 0.1) is 18.3 Å². The summed E-state index contributed by atoms with van der Waals surface area (Å²) >= 11 is 3.98. The molecule has 38 heteroatoms. The molecule has 3 aromatic rings. The first-order valence-electron chi connectivity index (χ1n) is 46.3. The number of aromatic nitrogens is 1. The number of carboxylic acid groups (broad SMARTS) is 1. The van der Waals surface area contributed by atoms with E-state index in [0.717, 1.165) is 61.2 Å². The zero-order chi connectivity index (χ0) is 97.7. The van der Waals surface area contributed by atoms with Crippen molar-refractivity contribution >= 4 is 82.8 Å². The molecule has 1 saturated carbocycles. The highest BCUT2D eigenvalue weighted by Gasteiger charge is 2.82. The third-order valence-corrected chi connectivity index (χ3v) is 26.5. The summed E-state index contributed by atoms with van der Waals surface area (Å²) in [6.07, 6.45) is 7.26. The highest BCUT2D eigenvalue weighted by atomic mass is 32.1. The highest BCUT2D eigenvalue weighted by molar-refractivity contribution is 7.80. The van der Waals surface area contributed by atoms with Gasteiger partial charge in [0.05, 0.1) is 81.7 Å². The minimum absolute atomic E-state index is 0.0294. The van der Waals surface area contributed by atoms with Crippen molar-refractivity contribution < 1.29 is 151 Å². The van der Waals surface area contributed by atoms with Gasteiger partial charge in [-0.05, 0) is 164 Å². The number of Topliss-reactive ketones (excluding diaryl/α,β-unsaturated/α-hetero) is 1. The second-order valence-electron chi connectivity index (χ2n) is 34.9. The normalized spacial score (nSPS) is 25.5. The number of para-hydroxylation sites is 1. The van der Waals surface area contributed by atoms with Gasteiger partial charge in [0.2, 0.25) is 11.8 Å². The number of benzene rings is 2. The maximum atomic E-state index is 15.3. The molecule has 7 heterocycles. The summed E-state index contributed by atoms with van der Waals surface area (Å²) < 4.78 is 62.3. The summed E-state index contributed by atoms with van der Waals surface area (Å²) in [5.74, 6) is -3.19. The van der Waals surface area contributed by atoms with E-state index in [2.05, 4.69) is 119 Å². The molecular weight excluding hydrogens is 1740 g/mol. The lowest BCUT2D eigenvalue weighted by molar-refractivity contribution is -0.194. The zero-order valence-corrected chi connectivity index (χ0v) is 80.1. The van der Waals surface area contributed by atoms with Crippen LogP contribution in [0.1, 0.15) is 212 Å². The number of fused-ring (bicyclic) bond motifs is 7. The van der Waals surface area contributed by atoms with Gasteiger partial charge in [0, 0.05) is 150 Å². The van der Waals surface area contributed by atoms with Gasteiger partial charge in [-0.2, -0.15) is 22.2 Å². The molecule has 0 radical (unpaired) electrons. The van der Waals surface area contributed by atoms with Gasteiger partial charge in [0.1, 0.15) is 32.0 Å². The van der Waals surface area contributed by atoms with Gasteiger partial charge in [-0.15, -0.1) is 0 Å². The number of carbonyl (C=O) groups excluding carboxylic acids is 9. The van der Waals surface area contributed by atoms with Crippen LogP contribution in [0.15, 0.2) is 48.6 Å². The number of aliphatic hydroxyl groups is 8. The number of amides is 2. The number of aliphatic carboxylic acids is 1. The fourth-order valence-corrected chi connectivity index (χ4v) is 19.6. The summed E-state index contributed by atoms with van der Waals surface area (Å²) in [4.78, 5) is 126. The van der Waals surface area contributed by atoms with Crippen molar-refractivity contribution in [2.24, 2.45) is 11.3 Å². The fraction of sp³-hybridized carbons (Fsp3) is 0.734. The summed E-state index contributed by atoms with van der Waals surface area (Å²) in [5, 5.41) is 98.0. The maximum Gasteiger partial charge on any atom is 0.373 e. The predicted molar refractivity (Wildman–Crippen MR) is 485 cm³/mol. The molecule has 2 aromatic carbocycles. The summed E-state index contributed by atoms with van der Waals surface area (Å²) in [6.45, 7) is 21.1. The molecule has 16 unspecified atom stereocenters. The number of hydrogen-bond donors (Lipinski definition) is 13. The summed E-state index contributed by atoms with van der Waals surface area (Å²) in [7, 11) is 5.71. The van der Waals surface area contributed by atoms with E-state index in [0.29, 0.717) is 76.8 Å². The van der Waals surface area contributed by atoms with Crippen LogP contribution >= 0.6 is 12.6 Å². The lowest BCUT2D eigenvalue weighted by Gasteiger charge is -2.61. The van der Waals surface area contributed by atoms with Gasteiger partial charge in [0.15, 0.2) is 36.5 Å². The average molecular weight is 1890 g/mol. The molecule has 4 fully saturated rings. The van der Waals surface area contributed by atoms with E-state index in [1.165, 1.54) is 57.6 Å². The topological polar surface area (TPSA) is 513 Å². The molecule has 2 bridgehead atoms. The first-order valence-corrected chi connectivity index (χ1v) is 46.9. The molecule has 20 atom stereocenters. The van der Waals surface area contributed by atoms with Crippen LogP contribution in [0.2, 0.25) is 0 Å². The second kappa shape index (κ2) is 55.6. The summed E-state index contributed by atoms with van der Waals surface area (Å²) in [6, 6.07) is 10.6. The van der Waals surface area contributed by atoms with Crippen molar-refractivity contribution in [2.45, 2.75) is 299 Å². The number of nitrogens with zero attached hydrogens (tertiary/aromatic N) is 3. The minimum atomic E-state index is -2.10. The number of aryl methyl sites for hydroxylation is 1. The number of thiol groups is 1. The number of esters is 4. The van der Waals surface area contributed by atoms with E-state index in [-0.39, 0.29) is 166 Å². The molecule has 746 valence electrons. The highest BCUT2D eigenvalue weighted by Crippen LogP contribution is 2.70. The van der Waals surface area contributed by atoms with E-state index in [9.17, 15) is 54.0 Å². The Bertz CT molecular complexity index is 4150. The Balaban J connectivity index is 0.000000394. The first kappa shape index (κ1) is 113. The first-order chi connectivity index (χ1) is 63.1. The Morgan fingerprint density at radius 1 is 0.652 bits per heavy atom. The number of nitrogens with one attached hydrogen (secondary N) is 3. The van der Waals surface area contributed by atoms with Crippen LogP contribution in [0.5, 0.6) is 0 Å². The van der Waals surface area contributed by atoms with Gasteiger partial charge in [-0.25, -0.2) is 4.79 Å². The largest absolute Gasteiger partial charge is 0.481 e. The number of H-pyrrole nitrogens is 1. The van der Waals surface area contributed by atoms with Gasteiger partial charge in [0.25, 0.3) is 0 Å². The molecule has 2 amide bonds. The van der Waals surface area contributed by atoms with Crippen LogP contribution in [0.4, 0.5) is 5.69 Å². The number of piperidine rings is 1. The number of carboxylic acids is 1. The van der Waals surface area contributed by atoms with E-state index in [1.54, 1.807) is 0 Å². The molecule has 10 rings (SSSR count). The smallest absolute Gasteiger partial charge is 0.373 e. The minimum Gasteiger partial charge on any atom is -0.481 e. The van der Waals surface area contributed by atoms with Crippen molar-refractivity contribution in [2.75, 3.05) is 138 Å². The van der Waals surface area contributed by atoms with Crippen LogP contribution in [0.25, 0.3) is 10.9 Å². The van der Waals surface area contributed by atoms with Gasteiger partial charge in [-0.3, -0.25) is 43.4 Å². The lowest BCUT2D eigenvalue weighted by atomic mass is 9.47. The van der Waals surface area contributed by atoms with E-state index >= 15 is 4.79 Å². The molecule has 1 spiro atoms. The van der Waals surface area contributed by atoms with E-state index in [4.69, 9.17) is 92.0 Å². The molecule has 37 nitrogen and oxygen atoms in total. The number of methoxy groups -OCH3 is 4. The van der Waals surface area contributed by atoms with Crippen LogP contribution in [-0.2, 0) is 122 Å². The SMILES string of the molecule is CCC(CO)OC(CO)OC.CCC(CO)OC(COC(=O)CCCC(=O)NC(C)C(=O)OCCCC1C(=O)[C@]2(O)C3N1c1cc(C)c([C@@]4(C)CC5CN(CCc6c4[nH]c4ccccc64)CC(O)(CC)C5)cc1C31CCN3CC=C[C@](CC)(C31)[C@H]2O)OC.CCC(CO)OC(COC(=O)CCCC(=O)NCCS)OC.CCC(CO)OC(COC(=O)CCCC(=O)O)OC.O=C=O. The number of anilines is 1. The Kier molecular flexibility index (Phi) is 47.7. The van der Waals surface area contributed by atoms with Crippen molar-refractivity contribution in [1.82, 2.24) is 25.4 Å². The van der Waals surface area contributed by atoms with E-state index < -0.39 is 124 Å². The second-order valence-corrected chi connectivity index (χ2v) is 35.3. The number of aromatic amines is 1. The predicted octanol–water partition coefficient (Wildman–Crippen LogP) is 5.22. The Labute approximate surface area is 780 Å². The molecular formula is C94H148N6O31S. The Hall–Kier alpha value is -7.51. The van der Waals surface area contributed by atoms with Crippen LogP contribution in [0.3, 0.4) is 0 Å². The third kappa shape index (κ3) is 29.3. The molecule has 6 aliphatic heterocycles. The third-order valence-electron chi connectivity index (χ3n) is 26.2. The number of hydrogen-bond acceptors (Lipinski definition) is 34. The van der Waals surface area contributed by atoms with Crippen molar-refractivity contribution in [3.63, 3.8) is 0 Å². The van der Waals surface area contributed by atoms with Gasteiger partial charge in [-0.1, -0.05) is 78.0 Å². The van der Waals surface area contributed by atoms with Gasteiger partial charge >= 0.3 is 36.0 Å². The molecule has 12 N–H and O–H groups in total. The zero-order valence-electron chi connectivity index (χ0n) is 79.2. The summed E-state index contributed by atoms with van der Waals surface area (Å²) in [5.41, 5.74) is 2.88. The monoisotopic (exact) mass is 1890 g/mol. The van der Waals surface area contributed by atoms with Crippen molar-refractivity contribution in [3.8, 4) is 0 Å². The molecule has 1 aliphatic carbocycles. The lowest BCUT2D eigenvalue weighted by Crippen LogP contribution is -2.78. The van der Waals surface area contributed by atoms with Crippen molar-refractivity contribution in [3.05, 3.63) is 76.5 Å².